The van der Waals surface area contributed by atoms with Crippen LogP contribution < -0.4 is 0 Å². The zero-order chi connectivity index (χ0) is 16.2. The van der Waals surface area contributed by atoms with E-state index in [9.17, 15) is 4.79 Å². The van der Waals surface area contributed by atoms with Crippen LogP contribution in [-0.2, 0) is 11.2 Å². The summed E-state index contributed by atoms with van der Waals surface area (Å²) in [7, 11) is 0. The first kappa shape index (κ1) is 15.5. The van der Waals surface area contributed by atoms with Gasteiger partial charge in [-0.25, -0.2) is 0 Å². The monoisotopic (exact) mass is 305 g/mol. The van der Waals surface area contributed by atoms with E-state index in [-0.39, 0.29) is 11.8 Å². The summed E-state index contributed by atoms with van der Waals surface area (Å²) in [4.78, 5) is 15.0. The Morgan fingerprint density at radius 1 is 1.13 bits per heavy atom. The van der Waals surface area contributed by atoms with E-state index in [0.29, 0.717) is 13.1 Å². The molecule has 0 aromatic heterocycles. The van der Waals surface area contributed by atoms with Crippen molar-refractivity contribution in [2.75, 3.05) is 13.1 Å². The number of amides is 1. The van der Waals surface area contributed by atoms with Gasteiger partial charge in [0.15, 0.2) is 0 Å². The van der Waals surface area contributed by atoms with Gasteiger partial charge in [0.2, 0.25) is 5.91 Å². The summed E-state index contributed by atoms with van der Waals surface area (Å²) in [5, 5.41) is 2.44. The molecule has 0 saturated carbocycles. The molecule has 2 nitrogen and oxygen atoms in total. The molecule has 0 radical (unpaired) electrons. The first-order chi connectivity index (χ1) is 11.3. The molecule has 0 fully saturated rings. The average molecular weight is 305 g/mol. The molecule has 2 heteroatoms. The maximum Gasteiger partial charge on any atom is 0.230 e. The summed E-state index contributed by atoms with van der Waals surface area (Å²) in [5.74, 6) is 0.145. The SMILES string of the molecule is C=CCN(CC=C)C(=O)C1CCCc2ccc3ccccc3c21. The van der Waals surface area contributed by atoms with Crippen molar-refractivity contribution in [3.05, 3.63) is 72.8 Å². The normalized spacial score (nSPS) is 16.6. The van der Waals surface area contributed by atoms with Gasteiger partial charge in [0.05, 0.1) is 5.92 Å². The zero-order valence-corrected chi connectivity index (χ0v) is 13.5. The van der Waals surface area contributed by atoms with Crippen molar-refractivity contribution in [1.29, 1.82) is 0 Å². The van der Waals surface area contributed by atoms with Crippen LogP contribution in [0.25, 0.3) is 10.8 Å². The molecular formula is C21H23NO. The predicted octanol–water partition coefficient (Wildman–Crippen LogP) is 4.46. The molecule has 118 valence electrons. The first-order valence-electron chi connectivity index (χ1n) is 8.27. The lowest BCUT2D eigenvalue weighted by Gasteiger charge is -2.31. The van der Waals surface area contributed by atoms with Crippen LogP contribution in [-0.4, -0.2) is 23.9 Å². The molecular weight excluding hydrogens is 282 g/mol. The molecule has 1 aliphatic rings. The number of rotatable bonds is 5. The molecule has 0 bridgehead atoms. The Morgan fingerprint density at radius 2 is 1.87 bits per heavy atom. The second kappa shape index (κ2) is 6.82. The Labute approximate surface area is 138 Å². The van der Waals surface area contributed by atoms with Crippen LogP contribution in [0.1, 0.15) is 29.9 Å². The number of benzene rings is 2. The van der Waals surface area contributed by atoms with Crippen LogP contribution in [0.5, 0.6) is 0 Å². The number of aryl methyl sites for hydroxylation is 1. The van der Waals surface area contributed by atoms with Gasteiger partial charge in [0, 0.05) is 13.1 Å². The Morgan fingerprint density at radius 3 is 2.61 bits per heavy atom. The molecule has 0 saturated heterocycles. The lowest BCUT2D eigenvalue weighted by molar-refractivity contribution is -0.132. The van der Waals surface area contributed by atoms with E-state index in [0.717, 1.165) is 19.3 Å². The molecule has 0 N–H and O–H groups in total. The molecule has 0 aliphatic heterocycles. The van der Waals surface area contributed by atoms with E-state index in [2.05, 4.69) is 49.6 Å². The van der Waals surface area contributed by atoms with Gasteiger partial charge >= 0.3 is 0 Å². The van der Waals surface area contributed by atoms with Crippen LogP contribution in [0.15, 0.2) is 61.7 Å². The lowest BCUT2D eigenvalue weighted by atomic mass is 9.79. The summed E-state index contributed by atoms with van der Waals surface area (Å²) in [6, 6.07) is 12.7. The fourth-order valence-electron chi connectivity index (χ4n) is 3.64. The van der Waals surface area contributed by atoms with E-state index < -0.39 is 0 Å². The van der Waals surface area contributed by atoms with Crippen molar-refractivity contribution in [2.45, 2.75) is 25.2 Å². The van der Waals surface area contributed by atoms with Gasteiger partial charge in [-0.05, 0) is 41.2 Å². The van der Waals surface area contributed by atoms with Crippen molar-refractivity contribution >= 4 is 16.7 Å². The largest absolute Gasteiger partial charge is 0.335 e. The minimum atomic E-state index is -0.0512. The highest BCUT2D eigenvalue weighted by molar-refractivity contribution is 5.94. The molecule has 3 rings (SSSR count). The van der Waals surface area contributed by atoms with Crippen LogP contribution in [0.4, 0.5) is 0 Å². The van der Waals surface area contributed by atoms with E-state index in [1.54, 1.807) is 12.2 Å². The van der Waals surface area contributed by atoms with Gasteiger partial charge in [0.25, 0.3) is 0 Å². The van der Waals surface area contributed by atoms with Gasteiger partial charge in [-0.3, -0.25) is 4.79 Å². The van der Waals surface area contributed by atoms with E-state index in [4.69, 9.17) is 0 Å². The third-order valence-corrected chi connectivity index (χ3v) is 4.66. The summed E-state index contributed by atoms with van der Waals surface area (Å²) in [6.07, 6.45) is 6.62. The predicted molar refractivity (Wildman–Crippen MR) is 96.6 cm³/mol. The molecule has 1 aliphatic carbocycles. The van der Waals surface area contributed by atoms with Crippen LogP contribution in [0, 0.1) is 0 Å². The van der Waals surface area contributed by atoms with Gasteiger partial charge in [0.1, 0.15) is 0 Å². The molecule has 0 spiro atoms. The Hall–Kier alpha value is -2.35. The molecule has 0 heterocycles. The quantitative estimate of drug-likeness (QED) is 0.747. The molecule has 1 unspecified atom stereocenters. The zero-order valence-electron chi connectivity index (χ0n) is 13.5. The molecule has 23 heavy (non-hydrogen) atoms. The van der Waals surface area contributed by atoms with Crippen molar-refractivity contribution in [1.82, 2.24) is 4.90 Å². The highest BCUT2D eigenvalue weighted by Gasteiger charge is 2.30. The van der Waals surface area contributed by atoms with Gasteiger partial charge in [-0.15, -0.1) is 13.2 Å². The minimum absolute atomic E-state index is 0.0512. The smallest absolute Gasteiger partial charge is 0.230 e. The van der Waals surface area contributed by atoms with Gasteiger partial charge in [-0.1, -0.05) is 48.6 Å². The number of carbonyl (C=O) groups is 1. The topological polar surface area (TPSA) is 20.3 Å². The van der Waals surface area contributed by atoms with Crippen LogP contribution in [0.3, 0.4) is 0 Å². The van der Waals surface area contributed by atoms with Crippen molar-refractivity contribution in [3.8, 4) is 0 Å². The van der Waals surface area contributed by atoms with Crippen LogP contribution in [0.2, 0.25) is 0 Å². The maximum atomic E-state index is 13.1. The Bertz CT molecular complexity index is 737. The second-order valence-electron chi connectivity index (χ2n) is 6.12. The number of hydrogen-bond donors (Lipinski definition) is 0. The van der Waals surface area contributed by atoms with Crippen molar-refractivity contribution in [3.63, 3.8) is 0 Å². The van der Waals surface area contributed by atoms with Crippen molar-refractivity contribution in [2.24, 2.45) is 0 Å². The molecule has 1 atom stereocenters. The number of fused-ring (bicyclic) bond motifs is 3. The minimum Gasteiger partial charge on any atom is -0.335 e. The summed E-state index contributed by atoms with van der Waals surface area (Å²) < 4.78 is 0. The standard InChI is InChI=1S/C21H23NO/c1-3-14-22(15-4-2)21(23)19-11-7-9-17-13-12-16-8-5-6-10-18(16)20(17)19/h3-6,8,10,12-13,19H,1-2,7,9,11,14-15H2. The highest BCUT2D eigenvalue weighted by atomic mass is 16.2. The summed E-state index contributed by atoms with van der Waals surface area (Å²) in [5.41, 5.74) is 2.56. The third kappa shape index (κ3) is 2.94. The van der Waals surface area contributed by atoms with E-state index in [1.807, 2.05) is 4.90 Å². The number of nitrogens with zero attached hydrogens (tertiary/aromatic N) is 1. The maximum absolute atomic E-state index is 13.1. The first-order valence-corrected chi connectivity index (χ1v) is 8.27. The fraction of sp³-hybridized carbons (Fsp3) is 0.286. The van der Waals surface area contributed by atoms with Gasteiger partial charge < -0.3 is 4.90 Å². The summed E-state index contributed by atoms with van der Waals surface area (Å²) >= 11 is 0. The Balaban J connectivity index is 2.06. The van der Waals surface area contributed by atoms with E-state index in [1.165, 1.54) is 21.9 Å². The fourth-order valence-corrected chi connectivity index (χ4v) is 3.64. The van der Waals surface area contributed by atoms with Gasteiger partial charge in [-0.2, -0.15) is 0 Å². The third-order valence-electron chi connectivity index (χ3n) is 4.66. The molecule has 2 aromatic rings. The van der Waals surface area contributed by atoms with E-state index >= 15 is 0 Å². The van der Waals surface area contributed by atoms with Crippen LogP contribution >= 0.6 is 0 Å². The second-order valence-corrected chi connectivity index (χ2v) is 6.12. The van der Waals surface area contributed by atoms with Crippen molar-refractivity contribution < 1.29 is 4.79 Å². The summed E-state index contributed by atoms with van der Waals surface area (Å²) in [6.45, 7) is 8.69. The Kier molecular flexibility index (Phi) is 4.61. The molecule has 2 aromatic carbocycles. The highest BCUT2D eigenvalue weighted by Crippen LogP contribution is 2.38. The number of carbonyl (C=O) groups excluding carboxylic acids is 1. The lowest BCUT2D eigenvalue weighted by Crippen LogP contribution is -2.36. The number of hydrogen-bond acceptors (Lipinski definition) is 1. The molecule has 1 amide bonds. The average Bonchev–Trinajstić information content (AvgIpc) is 2.60.